The number of ether oxygens (including phenoxy) is 2. The highest BCUT2D eigenvalue weighted by atomic mass is 16.6. The largest absolute Gasteiger partial charge is 0.486 e. The molecule has 0 aliphatic carbocycles. The highest BCUT2D eigenvalue weighted by Gasteiger charge is 2.23. The van der Waals surface area contributed by atoms with Gasteiger partial charge in [0.05, 0.1) is 6.04 Å². The summed E-state index contributed by atoms with van der Waals surface area (Å²) in [6, 6.07) is 4.78. The lowest BCUT2D eigenvalue weighted by molar-refractivity contribution is -0.122. The molecule has 25 heavy (non-hydrogen) atoms. The number of nitrogens with two attached hydrogens (primary N) is 1. The maximum absolute atomic E-state index is 12.1. The van der Waals surface area contributed by atoms with Gasteiger partial charge in [0.1, 0.15) is 19.3 Å². The van der Waals surface area contributed by atoms with Crippen molar-refractivity contribution in [2.24, 2.45) is 5.73 Å². The van der Waals surface area contributed by atoms with E-state index in [-0.39, 0.29) is 12.5 Å². The molecule has 0 spiro atoms. The third kappa shape index (κ3) is 5.90. The molecule has 0 saturated carbocycles. The smallest absolute Gasteiger partial charge is 0.220 e. The molecule has 1 heterocycles. The average Bonchev–Trinajstić information content (AvgIpc) is 2.65. The third-order valence-electron chi connectivity index (χ3n) is 4.40. The molecule has 2 atom stereocenters. The molecule has 1 aromatic rings. The van der Waals surface area contributed by atoms with Gasteiger partial charge in [-0.2, -0.15) is 0 Å². The van der Waals surface area contributed by atoms with Gasteiger partial charge in [0.25, 0.3) is 0 Å². The number of carbonyl (C=O) groups is 1. The summed E-state index contributed by atoms with van der Waals surface area (Å²) in [4.78, 5) is 12.1. The first-order valence-electron chi connectivity index (χ1n) is 9.22. The fourth-order valence-electron chi connectivity index (χ4n) is 2.91. The van der Waals surface area contributed by atoms with Crippen LogP contribution in [0.1, 0.15) is 57.1 Å². The van der Waals surface area contributed by atoms with E-state index in [0.717, 1.165) is 19.3 Å². The highest BCUT2D eigenvalue weighted by molar-refractivity contribution is 5.76. The predicted molar refractivity (Wildman–Crippen MR) is 96.8 cm³/mol. The third-order valence-corrected chi connectivity index (χ3v) is 4.40. The summed E-state index contributed by atoms with van der Waals surface area (Å²) in [6.45, 7) is 3.34. The van der Waals surface area contributed by atoms with E-state index in [2.05, 4.69) is 12.2 Å². The van der Waals surface area contributed by atoms with Gasteiger partial charge in [-0.1, -0.05) is 38.7 Å². The first-order chi connectivity index (χ1) is 12.2. The van der Waals surface area contributed by atoms with Gasteiger partial charge in [-0.05, 0) is 24.1 Å². The molecular weight excluding hydrogens is 320 g/mol. The molecule has 1 aliphatic heterocycles. The Morgan fingerprint density at radius 1 is 1.20 bits per heavy atom. The van der Waals surface area contributed by atoms with Crippen LogP contribution in [0.15, 0.2) is 18.2 Å². The zero-order chi connectivity index (χ0) is 18.1. The number of carbonyl (C=O) groups excluding carboxylic acids is 1. The van der Waals surface area contributed by atoms with Crippen LogP contribution in [0.3, 0.4) is 0 Å². The molecule has 2 unspecified atom stereocenters. The van der Waals surface area contributed by atoms with Gasteiger partial charge in [0, 0.05) is 13.0 Å². The second kappa shape index (κ2) is 10.3. The first kappa shape index (κ1) is 19.5. The summed E-state index contributed by atoms with van der Waals surface area (Å²) in [5.41, 5.74) is 6.42. The molecule has 0 aromatic heterocycles. The maximum Gasteiger partial charge on any atom is 0.220 e. The van der Waals surface area contributed by atoms with E-state index in [9.17, 15) is 9.90 Å². The fourth-order valence-corrected chi connectivity index (χ4v) is 2.91. The Hall–Kier alpha value is -1.79. The second-order valence-corrected chi connectivity index (χ2v) is 6.42. The van der Waals surface area contributed by atoms with Gasteiger partial charge in [-0.25, -0.2) is 0 Å². The minimum Gasteiger partial charge on any atom is -0.486 e. The molecule has 1 aromatic carbocycles. The number of hydrogen-bond acceptors (Lipinski definition) is 5. The van der Waals surface area contributed by atoms with Crippen molar-refractivity contribution in [2.75, 3.05) is 19.8 Å². The standard InChI is InChI=1S/C19H30N2O4/c1-2-3-4-5-6-7-18(22)21-15(13-20)19(23)14-8-9-16-17(12-14)25-11-10-24-16/h8-9,12,15,19,23H,2-7,10-11,13,20H2,1H3,(H,21,22). The van der Waals surface area contributed by atoms with E-state index >= 15 is 0 Å². The van der Waals surface area contributed by atoms with Crippen LogP contribution in [0.25, 0.3) is 0 Å². The van der Waals surface area contributed by atoms with Crippen LogP contribution in [0.2, 0.25) is 0 Å². The van der Waals surface area contributed by atoms with Crippen LogP contribution in [-0.4, -0.2) is 36.8 Å². The van der Waals surface area contributed by atoms with Crippen molar-refractivity contribution in [3.8, 4) is 11.5 Å². The van der Waals surface area contributed by atoms with Gasteiger partial charge >= 0.3 is 0 Å². The number of rotatable bonds is 10. The van der Waals surface area contributed by atoms with E-state index in [0.29, 0.717) is 36.7 Å². The molecule has 0 bridgehead atoms. The molecule has 6 heteroatoms. The fraction of sp³-hybridized carbons (Fsp3) is 0.632. The minimum atomic E-state index is -0.884. The van der Waals surface area contributed by atoms with E-state index in [1.165, 1.54) is 12.8 Å². The van der Waals surface area contributed by atoms with Gasteiger partial charge in [0.15, 0.2) is 11.5 Å². The predicted octanol–water partition coefficient (Wildman–Crippen LogP) is 2.30. The first-order valence-corrected chi connectivity index (χ1v) is 9.22. The summed E-state index contributed by atoms with van der Waals surface area (Å²) in [5.74, 6) is 1.21. The minimum absolute atomic E-state index is 0.0662. The van der Waals surface area contributed by atoms with Crippen LogP contribution in [-0.2, 0) is 4.79 Å². The molecule has 0 fully saturated rings. The molecule has 0 saturated heterocycles. The van der Waals surface area contributed by atoms with Gasteiger partial charge < -0.3 is 25.6 Å². The second-order valence-electron chi connectivity index (χ2n) is 6.42. The molecule has 4 N–H and O–H groups in total. The Balaban J connectivity index is 1.87. The highest BCUT2D eigenvalue weighted by Crippen LogP contribution is 2.33. The zero-order valence-electron chi connectivity index (χ0n) is 15.0. The topological polar surface area (TPSA) is 93.8 Å². The number of aliphatic hydroxyl groups excluding tert-OH is 1. The number of nitrogens with one attached hydrogen (secondary N) is 1. The van der Waals surface area contributed by atoms with E-state index in [4.69, 9.17) is 15.2 Å². The lowest BCUT2D eigenvalue weighted by Gasteiger charge is -2.25. The summed E-state index contributed by atoms with van der Waals surface area (Å²) >= 11 is 0. The van der Waals surface area contributed by atoms with Crippen molar-refractivity contribution >= 4 is 5.91 Å². The number of fused-ring (bicyclic) bond motifs is 1. The van der Waals surface area contributed by atoms with E-state index in [1.807, 2.05) is 0 Å². The van der Waals surface area contributed by atoms with Crippen LogP contribution in [0, 0.1) is 0 Å². The van der Waals surface area contributed by atoms with Crippen LogP contribution in [0.5, 0.6) is 11.5 Å². The summed E-state index contributed by atoms with van der Waals surface area (Å²) < 4.78 is 11.0. The number of amides is 1. The normalized spacial score (nSPS) is 15.5. The monoisotopic (exact) mass is 350 g/mol. The number of hydrogen-bond donors (Lipinski definition) is 3. The lowest BCUT2D eigenvalue weighted by Crippen LogP contribution is -2.44. The van der Waals surface area contributed by atoms with Crippen molar-refractivity contribution in [2.45, 2.75) is 57.6 Å². The maximum atomic E-state index is 12.1. The van der Waals surface area contributed by atoms with Crippen LogP contribution >= 0.6 is 0 Å². The Morgan fingerprint density at radius 3 is 2.64 bits per heavy atom. The molecule has 0 radical (unpaired) electrons. The molecule has 6 nitrogen and oxygen atoms in total. The summed E-state index contributed by atoms with van der Waals surface area (Å²) in [5, 5.41) is 13.4. The van der Waals surface area contributed by atoms with E-state index in [1.54, 1.807) is 18.2 Å². The van der Waals surface area contributed by atoms with E-state index < -0.39 is 12.1 Å². The van der Waals surface area contributed by atoms with Crippen molar-refractivity contribution in [3.05, 3.63) is 23.8 Å². The quantitative estimate of drug-likeness (QED) is 0.563. The van der Waals surface area contributed by atoms with Crippen LogP contribution < -0.4 is 20.5 Å². The Labute approximate surface area is 149 Å². The molecule has 2 rings (SSSR count). The molecule has 1 amide bonds. The van der Waals surface area contributed by atoms with Gasteiger partial charge in [0.2, 0.25) is 5.91 Å². The van der Waals surface area contributed by atoms with Gasteiger partial charge in [-0.15, -0.1) is 0 Å². The summed E-state index contributed by atoms with van der Waals surface area (Å²) in [6.07, 6.45) is 5.05. The average molecular weight is 350 g/mol. The lowest BCUT2D eigenvalue weighted by atomic mass is 10.0. The molecule has 140 valence electrons. The number of benzene rings is 1. The zero-order valence-corrected chi connectivity index (χ0v) is 15.0. The number of aliphatic hydroxyl groups is 1. The van der Waals surface area contributed by atoms with Crippen molar-refractivity contribution in [1.29, 1.82) is 0 Å². The number of unbranched alkanes of at least 4 members (excludes halogenated alkanes) is 4. The van der Waals surface area contributed by atoms with Crippen molar-refractivity contribution in [3.63, 3.8) is 0 Å². The molecule has 1 aliphatic rings. The van der Waals surface area contributed by atoms with Crippen molar-refractivity contribution in [1.82, 2.24) is 5.32 Å². The SMILES string of the molecule is CCCCCCCC(=O)NC(CN)C(O)c1ccc2c(c1)OCCO2. The van der Waals surface area contributed by atoms with Crippen LogP contribution in [0.4, 0.5) is 0 Å². The Morgan fingerprint density at radius 2 is 1.92 bits per heavy atom. The Bertz CT molecular complexity index is 550. The molecular formula is C19H30N2O4. The Kier molecular flexibility index (Phi) is 8.01. The van der Waals surface area contributed by atoms with Crippen molar-refractivity contribution < 1.29 is 19.4 Å². The summed E-state index contributed by atoms with van der Waals surface area (Å²) in [7, 11) is 0. The van der Waals surface area contributed by atoms with Gasteiger partial charge in [-0.3, -0.25) is 4.79 Å².